The van der Waals surface area contributed by atoms with E-state index in [4.69, 9.17) is 4.74 Å². The molecule has 4 nitrogen and oxygen atoms in total. The van der Waals surface area contributed by atoms with Gasteiger partial charge < -0.3 is 10.1 Å². The Balaban J connectivity index is 1.92. The summed E-state index contributed by atoms with van der Waals surface area (Å²) in [5.74, 6) is 0.832. The summed E-state index contributed by atoms with van der Waals surface area (Å²) in [5.41, 5.74) is 2.23. The van der Waals surface area contributed by atoms with E-state index in [1.165, 1.54) is 12.8 Å². The second kappa shape index (κ2) is 6.73. The third-order valence-corrected chi connectivity index (χ3v) is 4.10. The first-order valence-corrected chi connectivity index (χ1v) is 8.07. The Labute approximate surface area is 128 Å². The number of aryl methyl sites for hydroxylation is 1. The lowest BCUT2D eigenvalue weighted by molar-refractivity contribution is 0.124. The van der Waals surface area contributed by atoms with E-state index in [9.17, 15) is 0 Å². The Hall–Kier alpha value is -1.16. The zero-order chi connectivity index (χ0) is 15.5. The number of ether oxygens (including phenoxy) is 1. The van der Waals surface area contributed by atoms with Gasteiger partial charge in [0.25, 0.3) is 0 Å². The van der Waals surface area contributed by atoms with E-state index in [1.807, 2.05) is 13.1 Å². The average Bonchev–Trinajstić information content (AvgIpc) is 2.39. The number of hydrogen-bond donors (Lipinski definition) is 1. The van der Waals surface area contributed by atoms with E-state index in [2.05, 4.69) is 43.0 Å². The lowest BCUT2D eigenvalue weighted by Crippen LogP contribution is -2.35. The molecule has 0 aromatic carbocycles. The van der Waals surface area contributed by atoms with Crippen LogP contribution in [0.25, 0.3) is 0 Å². The minimum absolute atomic E-state index is 0.0976. The fourth-order valence-corrected chi connectivity index (χ4v) is 2.56. The molecule has 1 heterocycles. The van der Waals surface area contributed by atoms with Crippen molar-refractivity contribution in [1.82, 2.24) is 15.3 Å². The second-order valence-electron chi connectivity index (χ2n) is 7.37. The molecular weight excluding hydrogens is 262 g/mol. The zero-order valence-electron chi connectivity index (χ0n) is 14.1. The van der Waals surface area contributed by atoms with Gasteiger partial charge in [-0.15, -0.1) is 0 Å². The molecule has 1 aliphatic carbocycles. The smallest absolute Gasteiger partial charge is 0.316 e. The van der Waals surface area contributed by atoms with Crippen molar-refractivity contribution in [1.29, 1.82) is 0 Å². The van der Waals surface area contributed by atoms with E-state index in [0.29, 0.717) is 12.1 Å². The Morgan fingerprint density at radius 2 is 1.90 bits per heavy atom. The minimum Gasteiger partial charge on any atom is -0.460 e. The summed E-state index contributed by atoms with van der Waals surface area (Å²) in [7, 11) is 0. The molecule has 1 aromatic heterocycles. The van der Waals surface area contributed by atoms with Crippen LogP contribution in [0.5, 0.6) is 6.01 Å². The molecule has 0 spiro atoms. The van der Waals surface area contributed by atoms with E-state index < -0.39 is 0 Å². The lowest BCUT2D eigenvalue weighted by Gasteiger charge is -2.26. The summed E-state index contributed by atoms with van der Waals surface area (Å²) in [6, 6.07) is 0.534. The van der Waals surface area contributed by atoms with E-state index in [1.54, 1.807) is 0 Å². The first kappa shape index (κ1) is 16.2. The Morgan fingerprint density at radius 3 is 2.48 bits per heavy atom. The van der Waals surface area contributed by atoms with Gasteiger partial charge in [-0.1, -0.05) is 6.92 Å². The standard InChI is InChI=1S/C17H29N3O/c1-12-6-8-15(9-7-12)21-16-18-10-14(13(2)20-16)11-19-17(3,4)5/h10,12,15,19H,6-9,11H2,1-5H3. The summed E-state index contributed by atoms with van der Waals surface area (Å²) >= 11 is 0. The van der Waals surface area contributed by atoms with Crippen LogP contribution in [0.1, 0.15) is 64.6 Å². The molecule has 1 aromatic rings. The van der Waals surface area contributed by atoms with Gasteiger partial charge in [0.05, 0.1) is 0 Å². The predicted molar refractivity (Wildman–Crippen MR) is 85.4 cm³/mol. The SMILES string of the molecule is Cc1nc(OC2CCC(C)CC2)ncc1CNC(C)(C)C. The van der Waals surface area contributed by atoms with Crippen molar-refractivity contribution in [3.05, 3.63) is 17.5 Å². The van der Waals surface area contributed by atoms with Crippen LogP contribution in [0.3, 0.4) is 0 Å². The summed E-state index contributed by atoms with van der Waals surface area (Å²) in [6.07, 6.45) is 6.92. The van der Waals surface area contributed by atoms with Crippen molar-refractivity contribution in [2.24, 2.45) is 5.92 Å². The fourth-order valence-electron chi connectivity index (χ4n) is 2.56. The number of rotatable bonds is 4. The molecule has 2 rings (SSSR count). The topological polar surface area (TPSA) is 47.0 Å². The lowest BCUT2D eigenvalue weighted by atomic mass is 9.89. The summed E-state index contributed by atoms with van der Waals surface area (Å²) in [4.78, 5) is 8.89. The van der Waals surface area contributed by atoms with Gasteiger partial charge >= 0.3 is 6.01 Å². The van der Waals surface area contributed by atoms with Gasteiger partial charge in [-0.25, -0.2) is 9.97 Å². The van der Waals surface area contributed by atoms with Gasteiger partial charge in [-0.05, 0) is 59.3 Å². The molecular formula is C17H29N3O. The first-order valence-electron chi connectivity index (χ1n) is 8.07. The van der Waals surface area contributed by atoms with Crippen LogP contribution in [0.2, 0.25) is 0 Å². The number of aromatic nitrogens is 2. The van der Waals surface area contributed by atoms with Gasteiger partial charge in [0.2, 0.25) is 0 Å². The maximum absolute atomic E-state index is 5.94. The van der Waals surface area contributed by atoms with E-state index >= 15 is 0 Å². The third-order valence-electron chi connectivity index (χ3n) is 4.10. The molecule has 118 valence electrons. The minimum atomic E-state index is 0.0976. The van der Waals surface area contributed by atoms with Gasteiger partial charge in [0, 0.05) is 29.5 Å². The molecule has 1 aliphatic rings. The van der Waals surface area contributed by atoms with Gasteiger partial charge in [-0.2, -0.15) is 0 Å². The zero-order valence-corrected chi connectivity index (χ0v) is 14.1. The van der Waals surface area contributed by atoms with Crippen LogP contribution < -0.4 is 10.1 Å². The first-order chi connectivity index (χ1) is 9.83. The van der Waals surface area contributed by atoms with E-state index in [-0.39, 0.29) is 5.54 Å². The Bertz CT molecular complexity index is 460. The normalized spacial score (nSPS) is 23.1. The summed E-state index contributed by atoms with van der Waals surface area (Å²) in [6.45, 7) is 11.6. The van der Waals surface area contributed by atoms with Crippen molar-refractivity contribution in [2.75, 3.05) is 0 Å². The van der Waals surface area contributed by atoms with Crippen molar-refractivity contribution in [3.8, 4) is 6.01 Å². The van der Waals surface area contributed by atoms with Crippen molar-refractivity contribution >= 4 is 0 Å². The second-order valence-corrected chi connectivity index (χ2v) is 7.37. The molecule has 1 saturated carbocycles. The molecule has 21 heavy (non-hydrogen) atoms. The molecule has 4 heteroatoms. The molecule has 0 aliphatic heterocycles. The Kier molecular flexibility index (Phi) is 5.20. The number of nitrogens with zero attached hydrogens (tertiary/aromatic N) is 2. The van der Waals surface area contributed by atoms with Crippen molar-refractivity contribution in [2.45, 2.75) is 78.5 Å². The highest BCUT2D eigenvalue weighted by atomic mass is 16.5. The molecule has 0 atom stereocenters. The van der Waals surface area contributed by atoms with Crippen LogP contribution in [0, 0.1) is 12.8 Å². The quantitative estimate of drug-likeness (QED) is 0.920. The third kappa shape index (κ3) is 5.27. The van der Waals surface area contributed by atoms with Crippen molar-refractivity contribution in [3.63, 3.8) is 0 Å². The van der Waals surface area contributed by atoms with Gasteiger partial charge in [0.15, 0.2) is 0 Å². The summed E-state index contributed by atoms with van der Waals surface area (Å²) < 4.78 is 5.94. The maximum atomic E-state index is 5.94. The van der Waals surface area contributed by atoms with Crippen LogP contribution in [0.15, 0.2) is 6.20 Å². The fraction of sp³-hybridized carbons (Fsp3) is 0.765. The molecule has 0 unspecified atom stereocenters. The number of nitrogens with one attached hydrogen (secondary N) is 1. The highest BCUT2D eigenvalue weighted by Gasteiger charge is 2.20. The van der Waals surface area contributed by atoms with Crippen LogP contribution >= 0.6 is 0 Å². The molecule has 0 amide bonds. The maximum Gasteiger partial charge on any atom is 0.316 e. The Morgan fingerprint density at radius 1 is 1.24 bits per heavy atom. The number of hydrogen-bond acceptors (Lipinski definition) is 4. The molecule has 0 saturated heterocycles. The molecule has 1 fully saturated rings. The van der Waals surface area contributed by atoms with E-state index in [0.717, 1.165) is 36.6 Å². The monoisotopic (exact) mass is 291 g/mol. The predicted octanol–water partition coefficient (Wildman–Crippen LogP) is 3.63. The van der Waals surface area contributed by atoms with Gasteiger partial charge in [0.1, 0.15) is 6.10 Å². The summed E-state index contributed by atoms with van der Waals surface area (Å²) in [5, 5.41) is 3.46. The van der Waals surface area contributed by atoms with Crippen LogP contribution in [-0.2, 0) is 6.54 Å². The average molecular weight is 291 g/mol. The highest BCUT2D eigenvalue weighted by Crippen LogP contribution is 2.26. The van der Waals surface area contributed by atoms with Gasteiger partial charge in [-0.3, -0.25) is 0 Å². The highest BCUT2D eigenvalue weighted by molar-refractivity contribution is 5.18. The van der Waals surface area contributed by atoms with Crippen LogP contribution in [-0.4, -0.2) is 21.6 Å². The van der Waals surface area contributed by atoms with Crippen LogP contribution in [0.4, 0.5) is 0 Å². The molecule has 0 bridgehead atoms. The molecule has 0 radical (unpaired) electrons. The largest absolute Gasteiger partial charge is 0.460 e. The van der Waals surface area contributed by atoms with Crippen molar-refractivity contribution < 1.29 is 4.74 Å². The molecule has 1 N–H and O–H groups in total.